The zero-order chi connectivity index (χ0) is 12.8. The first-order chi connectivity index (χ1) is 9.33. The average molecular weight is 255 g/mol. The number of anilines is 1. The minimum atomic E-state index is 0.143. The summed E-state index contributed by atoms with van der Waals surface area (Å²) in [5, 5.41) is 11.1. The largest absolute Gasteiger partial charge is 0.379 e. The predicted octanol–water partition coefficient (Wildman–Crippen LogP) is 1.39. The third-order valence-corrected chi connectivity index (χ3v) is 3.32. The van der Waals surface area contributed by atoms with Crippen LogP contribution >= 0.6 is 0 Å². The van der Waals surface area contributed by atoms with Gasteiger partial charge in [-0.1, -0.05) is 29.4 Å². The molecule has 7 heteroatoms. The van der Waals surface area contributed by atoms with Crippen LogP contribution in [-0.2, 0) is 6.42 Å². The second-order valence-electron chi connectivity index (χ2n) is 4.41. The third kappa shape index (κ3) is 1.44. The molecule has 1 atom stereocenters. The Morgan fingerprint density at radius 1 is 1.16 bits per heavy atom. The summed E-state index contributed by atoms with van der Waals surface area (Å²) in [6, 6.07) is 8.21. The molecule has 2 aromatic heterocycles. The molecule has 7 nitrogen and oxygen atoms in total. The van der Waals surface area contributed by atoms with Crippen LogP contribution in [0.1, 0.15) is 22.9 Å². The lowest BCUT2D eigenvalue weighted by molar-refractivity contribution is 0.308. The molecule has 4 rings (SSSR count). The lowest BCUT2D eigenvalue weighted by atomic mass is 9.77. The van der Waals surface area contributed by atoms with Crippen LogP contribution in [0.4, 0.5) is 5.82 Å². The Morgan fingerprint density at radius 2 is 2.05 bits per heavy atom. The number of hydrogen-bond acceptors (Lipinski definition) is 7. The number of nitrogen functional groups attached to an aromatic ring is 1. The van der Waals surface area contributed by atoms with Gasteiger partial charge < -0.3 is 10.3 Å². The van der Waals surface area contributed by atoms with Gasteiger partial charge in [-0.3, -0.25) is 0 Å². The van der Waals surface area contributed by atoms with Gasteiger partial charge in [0.05, 0.1) is 5.92 Å². The molecule has 0 amide bonds. The molecule has 3 aromatic rings. The first-order valence-corrected chi connectivity index (χ1v) is 5.83. The maximum Gasteiger partial charge on any atom is 0.284 e. The standard InChI is InChI=1S/C12H9N5O2/c13-10-9(15-19-16-10)12-14-11(17-18-12)8-5-6-3-1-2-4-7(6)8/h1-4,8H,5H2,(H2,13,16). The molecule has 0 saturated carbocycles. The van der Waals surface area contributed by atoms with E-state index in [4.69, 9.17) is 10.3 Å². The van der Waals surface area contributed by atoms with Crippen LogP contribution in [0.3, 0.4) is 0 Å². The summed E-state index contributed by atoms with van der Waals surface area (Å²) in [7, 11) is 0. The van der Waals surface area contributed by atoms with Crippen molar-refractivity contribution in [2.45, 2.75) is 12.3 Å². The number of nitrogens with two attached hydrogens (primary N) is 1. The van der Waals surface area contributed by atoms with Crippen LogP contribution in [0.2, 0.25) is 0 Å². The monoisotopic (exact) mass is 255 g/mol. The third-order valence-electron chi connectivity index (χ3n) is 3.32. The zero-order valence-corrected chi connectivity index (χ0v) is 9.78. The maximum atomic E-state index is 5.59. The molecule has 0 aliphatic heterocycles. The van der Waals surface area contributed by atoms with E-state index in [-0.39, 0.29) is 23.3 Å². The number of hydrogen-bond donors (Lipinski definition) is 1. The van der Waals surface area contributed by atoms with Gasteiger partial charge in [-0.2, -0.15) is 4.98 Å². The zero-order valence-electron chi connectivity index (χ0n) is 9.78. The molecule has 0 radical (unpaired) electrons. The van der Waals surface area contributed by atoms with E-state index in [1.165, 1.54) is 11.1 Å². The van der Waals surface area contributed by atoms with Crippen LogP contribution in [0.25, 0.3) is 11.6 Å². The predicted molar refractivity (Wildman–Crippen MR) is 64.0 cm³/mol. The van der Waals surface area contributed by atoms with Crippen molar-refractivity contribution in [3.05, 3.63) is 41.2 Å². The molecular formula is C12H9N5O2. The molecule has 2 heterocycles. The Balaban J connectivity index is 1.69. The lowest BCUT2D eigenvalue weighted by Crippen LogP contribution is -2.19. The molecule has 19 heavy (non-hydrogen) atoms. The van der Waals surface area contributed by atoms with E-state index in [1.807, 2.05) is 12.1 Å². The van der Waals surface area contributed by atoms with Crippen molar-refractivity contribution >= 4 is 5.82 Å². The summed E-state index contributed by atoms with van der Waals surface area (Å²) in [6.45, 7) is 0. The fraction of sp³-hybridized carbons (Fsp3) is 0.167. The molecule has 1 aromatic carbocycles. The van der Waals surface area contributed by atoms with E-state index in [2.05, 4.69) is 37.2 Å². The van der Waals surface area contributed by atoms with Gasteiger partial charge in [-0.05, 0) is 27.9 Å². The second-order valence-corrected chi connectivity index (χ2v) is 4.41. The van der Waals surface area contributed by atoms with Crippen LogP contribution in [0.15, 0.2) is 33.4 Å². The minimum absolute atomic E-state index is 0.143. The van der Waals surface area contributed by atoms with Crippen molar-refractivity contribution in [1.29, 1.82) is 0 Å². The Morgan fingerprint density at radius 3 is 2.84 bits per heavy atom. The SMILES string of the molecule is Nc1nonc1-c1nc(C2Cc3ccccc32)no1. The smallest absolute Gasteiger partial charge is 0.284 e. The van der Waals surface area contributed by atoms with E-state index in [0.717, 1.165) is 6.42 Å². The number of aromatic nitrogens is 4. The van der Waals surface area contributed by atoms with Crippen LogP contribution in [-0.4, -0.2) is 20.5 Å². The van der Waals surface area contributed by atoms with E-state index in [9.17, 15) is 0 Å². The van der Waals surface area contributed by atoms with Gasteiger partial charge in [0.1, 0.15) is 0 Å². The van der Waals surface area contributed by atoms with Gasteiger partial charge in [0, 0.05) is 0 Å². The average Bonchev–Trinajstić information content (AvgIpc) is 3.00. The summed E-state index contributed by atoms with van der Waals surface area (Å²) in [4.78, 5) is 4.31. The van der Waals surface area contributed by atoms with E-state index >= 15 is 0 Å². The van der Waals surface area contributed by atoms with E-state index < -0.39 is 0 Å². The van der Waals surface area contributed by atoms with Gasteiger partial charge >= 0.3 is 0 Å². The first kappa shape index (κ1) is 10.2. The van der Waals surface area contributed by atoms with Crippen molar-refractivity contribution < 1.29 is 9.15 Å². The van der Waals surface area contributed by atoms with Crippen molar-refractivity contribution in [2.24, 2.45) is 0 Å². The molecular weight excluding hydrogens is 246 g/mol. The van der Waals surface area contributed by atoms with Crippen molar-refractivity contribution in [3.8, 4) is 11.6 Å². The minimum Gasteiger partial charge on any atom is -0.379 e. The van der Waals surface area contributed by atoms with E-state index in [1.54, 1.807) is 0 Å². The molecule has 0 bridgehead atoms. The normalized spacial score (nSPS) is 16.9. The van der Waals surface area contributed by atoms with Crippen molar-refractivity contribution in [2.75, 3.05) is 5.73 Å². The van der Waals surface area contributed by atoms with Gasteiger partial charge in [0.2, 0.25) is 11.5 Å². The Hall–Kier alpha value is -2.70. The Kier molecular flexibility index (Phi) is 1.96. The van der Waals surface area contributed by atoms with Crippen LogP contribution in [0, 0.1) is 0 Å². The summed E-state index contributed by atoms with van der Waals surface area (Å²) in [6.07, 6.45) is 0.918. The highest BCUT2D eigenvalue weighted by molar-refractivity contribution is 5.60. The van der Waals surface area contributed by atoms with E-state index in [0.29, 0.717) is 5.82 Å². The highest BCUT2D eigenvalue weighted by atomic mass is 16.6. The molecule has 2 N–H and O–H groups in total. The molecule has 0 fully saturated rings. The second kappa shape index (κ2) is 3.64. The summed E-state index contributed by atoms with van der Waals surface area (Å²) >= 11 is 0. The fourth-order valence-corrected chi connectivity index (χ4v) is 2.31. The Labute approximate surface area is 107 Å². The molecule has 94 valence electrons. The molecule has 1 aliphatic rings. The summed E-state index contributed by atoms with van der Waals surface area (Å²) in [5.41, 5.74) is 8.43. The topological polar surface area (TPSA) is 104 Å². The number of rotatable bonds is 2. The van der Waals surface area contributed by atoms with Gasteiger partial charge in [-0.25, -0.2) is 4.63 Å². The summed E-state index contributed by atoms with van der Waals surface area (Å²) in [5.74, 6) is 1.19. The highest BCUT2D eigenvalue weighted by Gasteiger charge is 2.31. The first-order valence-electron chi connectivity index (χ1n) is 5.83. The maximum absolute atomic E-state index is 5.59. The molecule has 1 aliphatic carbocycles. The van der Waals surface area contributed by atoms with Gasteiger partial charge in [-0.15, -0.1) is 0 Å². The van der Waals surface area contributed by atoms with Crippen LogP contribution in [0.5, 0.6) is 0 Å². The Bertz CT molecular complexity index is 748. The van der Waals surface area contributed by atoms with Gasteiger partial charge in [0.15, 0.2) is 5.82 Å². The molecule has 0 saturated heterocycles. The highest BCUT2D eigenvalue weighted by Crippen LogP contribution is 2.39. The van der Waals surface area contributed by atoms with Crippen molar-refractivity contribution in [3.63, 3.8) is 0 Å². The fourth-order valence-electron chi connectivity index (χ4n) is 2.31. The van der Waals surface area contributed by atoms with Gasteiger partial charge in [0.25, 0.3) is 5.89 Å². The number of fused-ring (bicyclic) bond motifs is 1. The number of benzene rings is 1. The van der Waals surface area contributed by atoms with Crippen LogP contribution < -0.4 is 5.73 Å². The molecule has 0 spiro atoms. The van der Waals surface area contributed by atoms with Crippen molar-refractivity contribution in [1.82, 2.24) is 20.5 Å². The molecule has 1 unspecified atom stereocenters. The lowest BCUT2D eigenvalue weighted by Gasteiger charge is -2.27. The quantitative estimate of drug-likeness (QED) is 0.737. The number of nitrogens with zero attached hydrogens (tertiary/aromatic N) is 4. The summed E-state index contributed by atoms with van der Waals surface area (Å²) < 4.78 is 9.67.